The number of rotatable bonds is 8. The molecule has 1 aliphatic rings. The van der Waals surface area contributed by atoms with Crippen LogP contribution in [-0.2, 0) is 0 Å². The SMILES string of the molecule is [2H]C([2H])([2H])c1ccc(N(C)c2ccc(C([2H])(C)C)cc2)cc1.[2H]C([2H])([2H])c1ccc(N(C)c2ccc(C)cc2)cc1.[2H]C([2H])([2H])c1ccc(N(C)c2ccc(C3([2H])CCCC3)cc2)cc1. The van der Waals surface area contributed by atoms with Gasteiger partial charge in [-0.15, -0.1) is 0 Å². The van der Waals surface area contributed by atoms with Gasteiger partial charge < -0.3 is 14.7 Å². The molecule has 0 aromatic heterocycles. The zero-order valence-electron chi connectivity index (χ0n) is 43.5. The standard InChI is InChI=1S/C19H23N.C17H21N.C15H17N/c1-15-7-11-18(12-8-15)20(2)19-13-9-17(10-14-19)16-5-3-4-6-16;1-13(2)15-7-11-17(12-8-15)18(4)16-9-5-14(3)6-10-16;1-12-4-8-14(9-5-12)16(3)15-10-6-13(2)7-11-15/h7-14,16H,3-6H2,1-2H3;5-13H,1-4H3;4-11H,1-3H3/i1D3,16D;3D3,13D;1D3. The molecule has 3 nitrogen and oxygen atoms in total. The van der Waals surface area contributed by atoms with Gasteiger partial charge in [-0.3, -0.25) is 0 Å². The zero-order chi connectivity index (χ0) is 48.0. The van der Waals surface area contributed by atoms with Crippen LogP contribution in [0.2, 0.25) is 0 Å². The van der Waals surface area contributed by atoms with Crippen molar-refractivity contribution in [1.29, 1.82) is 0 Å². The van der Waals surface area contributed by atoms with E-state index in [4.69, 9.17) is 15.1 Å². The van der Waals surface area contributed by atoms with E-state index in [1.165, 1.54) is 5.56 Å². The fraction of sp³-hybridized carbons (Fsp3) is 0.294. The van der Waals surface area contributed by atoms with E-state index in [1.807, 2.05) is 135 Å². The first kappa shape index (κ1) is 27.3. The highest BCUT2D eigenvalue weighted by Gasteiger charge is 2.17. The van der Waals surface area contributed by atoms with Crippen LogP contribution in [0.25, 0.3) is 0 Å². The third-order valence-corrected chi connectivity index (χ3v) is 9.89. The largest absolute Gasteiger partial charge is 0.345 e. The number of nitrogens with zero attached hydrogens (tertiary/aromatic N) is 3. The number of hydrogen-bond donors (Lipinski definition) is 0. The van der Waals surface area contributed by atoms with Gasteiger partial charge in [0.05, 0.1) is 0 Å². The molecule has 0 saturated heterocycles. The average molecular weight is 727 g/mol. The average Bonchev–Trinajstić information content (AvgIpc) is 3.73. The van der Waals surface area contributed by atoms with Crippen molar-refractivity contribution in [2.45, 2.75) is 78.8 Å². The smallest absolute Gasteiger partial charge is 0.0408 e. The summed E-state index contributed by atoms with van der Waals surface area (Å²) in [6.07, 6.45) is 4.17. The van der Waals surface area contributed by atoms with Gasteiger partial charge >= 0.3 is 0 Å². The van der Waals surface area contributed by atoms with E-state index in [2.05, 4.69) is 31.2 Å². The Balaban J connectivity index is 0.000000184. The van der Waals surface area contributed by atoms with Gasteiger partial charge in [-0.2, -0.15) is 0 Å². The molecule has 0 unspecified atom stereocenters. The summed E-state index contributed by atoms with van der Waals surface area (Å²) in [4.78, 5) is 6.05. The molecule has 0 aliphatic heterocycles. The molecule has 0 N–H and O–H groups in total. The molecule has 0 heterocycles. The summed E-state index contributed by atoms with van der Waals surface area (Å²) < 4.78 is 83.2. The van der Waals surface area contributed by atoms with Gasteiger partial charge in [0.2, 0.25) is 0 Å². The monoisotopic (exact) mass is 727 g/mol. The Bertz CT molecular complexity index is 2340. The molecule has 0 bridgehead atoms. The van der Waals surface area contributed by atoms with Gasteiger partial charge in [-0.1, -0.05) is 122 Å². The Morgan fingerprint density at radius 1 is 0.463 bits per heavy atom. The molecule has 280 valence electrons. The normalized spacial score (nSPS) is 16.8. The highest BCUT2D eigenvalue weighted by Crippen LogP contribution is 2.35. The lowest BCUT2D eigenvalue weighted by Gasteiger charge is -2.20. The van der Waals surface area contributed by atoms with Crippen molar-refractivity contribution in [3.05, 3.63) is 179 Å². The summed E-state index contributed by atoms with van der Waals surface area (Å²) >= 11 is 0. The minimum atomic E-state index is -2.07. The molecule has 6 aromatic carbocycles. The Labute approximate surface area is 342 Å². The van der Waals surface area contributed by atoms with Crippen LogP contribution in [0.4, 0.5) is 34.1 Å². The first-order valence-corrected chi connectivity index (χ1v) is 18.6. The molecule has 0 radical (unpaired) electrons. The lowest BCUT2D eigenvalue weighted by Crippen LogP contribution is -2.09. The van der Waals surface area contributed by atoms with Crippen LogP contribution in [0.15, 0.2) is 146 Å². The van der Waals surface area contributed by atoms with E-state index in [1.54, 1.807) is 36.4 Å². The van der Waals surface area contributed by atoms with Crippen LogP contribution in [0.3, 0.4) is 0 Å². The van der Waals surface area contributed by atoms with Crippen molar-refractivity contribution < 1.29 is 15.1 Å². The molecule has 0 spiro atoms. The Morgan fingerprint density at radius 3 is 1.04 bits per heavy atom. The topological polar surface area (TPSA) is 9.72 Å². The first-order chi connectivity index (χ1) is 30.3. The lowest BCUT2D eigenvalue weighted by atomic mass is 9.97. The van der Waals surface area contributed by atoms with Crippen LogP contribution in [0, 0.1) is 27.5 Å². The molecule has 3 heteroatoms. The van der Waals surface area contributed by atoms with Gasteiger partial charge in [0.1, 0.15) is 0 Å². The van der Waals surface area contributed by atoms with Crippen molar-refractivity contribution in [1.82, 2.24) is 0 Å². The number of aryl methyl sites for hydroxylation is 4. The molecule has 1 saturated carbocycles. The van der Waals surface area contributed by atoms with Crippen molar-refractivity contribution in [3.8, 4) is 0 Å². The molecule has 0 atom stereocenters. The maximum Gasteiger partial charge on any atom is 0.0408 e. The van der Waals surface area contributed by atoms with Gasteiger partial charge in [0.25, 0.3) is 0 Å². The van der Waals surface area contributed by atoms with E-state index < -0.39 is 32.3 Å². The predicted molar refractivity (Wildman–Crippen MR) is 237 cm³/mol. The van der Waals surface area contributed by atoms with Gasteiger partial charge in [-0.25, -0.2) is 0 Å². The van der Waals surface area contributed by atoms with E-state index in [0.29, 0.717) is 16.7 Å². The molecule has 1 fully saturated rings. The second kappa shape index (κ2) is 19.2. The van der Waals surface area contributed by atoms with Gasteiger partial charge in [0.15, 0.2) is 0 Å². The Morgan fingerprint density at radius 2 is 0.741 bits per heavy atom. The van der Waals surface area contributed by atoms with Gasteiger partial charge in [0, 0.05) is 70.3 Å². The van der Waals surface area contributed by atoms with Crippen molar-refractivity contribution in [3.63, 3.8) is 0 Å². The van der Waals surface area contributed by atoms with Crippen LogP contribution < -0.4 is 14.7 Å². The second-order valence-electron chi connectivity index (χ2n) is 14.1. The van der Waals surface area contributed by atoms with Crippen LogP contribution in [-0.4, -0.2) is 21.1 Å². The fourth-order valence-corrected chi connectivity index (χ4v) is 6.30. The van der Waals surface area contributed by atoms with Crippen molar-refractivity contribution in [2.24, 2.45) is 0 Å². The minimum absolute atomic E-state index is 0.343. The van der Waals surface area contributed by atoms with Crippen molar-refractivity contribution in [2.75, 3.05) is 35.8 Å². The van der Waals surface area contributed by atoms with E-state index in [0.717, 1.165) is 70.9 Å². The first-order valence-electron chi connectivity index (χ1n) is 24.1. The van der Waals surface area contributed by atoms with Crippen LogP contribution in [0.5, 0.6) is 0 Å². The minimum Gasteiger partial charge on any atom is -0.345 e. The molecule has 1 aliphatic carbocycles. The number of hydrogen-bond acceptors (Lipinski definition) is 3. The van der Waals surface area contributed by atoms with Crippen LogP contribution >= 0.6 is 0 Å². The summed E-state index contributed by atoms with van der Waals surface area (Å²) in [5.41, 5.74) is 10.3. The maximum absolute atomic E-state index is 8.58. The molecule has 7 rings (SSSR count). The summed E-state index contributed by atoms with van der Waals surface area (Å²) in [6, 6.07) is 45.1. The summed E-state index contributed by atoms with van der Waals surface area (Å²) in [5, 5.41) is 0. The highest BCUT2D eigenvalue weighted by atomic mass is 15.1. The summed E-state index contributed by atoms with van der Waals surface area (Å²) in [6.45, 7) is -0.407. The molecule has 54 heavy (non-hydrogen) atoms. The third kappa shape index (κ3) is 11.1. The lowest BCUT2D eigenvalue weighted by molar-refractivity contribution is 0.723. The molecule has 0 amide bonds. The Hall–Kier alpha value is -5.28. The zero-order valence-corrected chi connectivity index (χ0v) is 32.5. The Kier molecular flexibility index (Phi) is 9.70. The molecular formula is C51H61N3. The number of benzene rings is 6. The second-order valence-corrected chi connectivity index (χ2v) is 14.1. The maximum atomic E-state index is 8.58. The van der Waals surface area contributed by atoms with E-state index >= 15 is 0 Å². The van der Waals surface area contributed by atoms with Crippen molar-refractivity contribution >= 4 is 34.1 Å². The predicted octanol–water partition coefficient (Wildman–Crippen LogP) is 14.4. The third-order valence-electron chi connectivity index (χ3n) is 9.89. The van der Waals surface area contributed by atoms with Gasteiger partial charge in [-0.05, 0) is 136 Å². The van der Waals surface area contributed by atoms with E-state index in [-0.39, 0.29) is 0 Å². The summed E-state index contributed by atoms with van der Waals surface area (Å²) in [7, 11) is 5.87. The fourth-order valence-electron chi connectivity index (χ4n) is 6.30. The summed E-state index contributed by atoms with van der Waals surface area (Å²) in [5.74, 6) is -1.03. The molecular weight excluding hydrogens is 655 g/mol. The van der Waals surface area contributed by atoms with Crippen LogP contribution in [0.1, 0.15) is 99.8 Å². The highest BCUT2D eigenvalue weighted by molar-refractivity contribution is 5.65. The molecule has 6 aromatic rings. The quantitative estimate of drug-likeness (QED) is 0.155. The van der Waals surface area contributed by atoms with E-state index in [9.17, 15) is 0 Å². The number of anilines is 6.